The Morgan fingerprint density at radius 2 is 1.93 bits per heavy atom. The molecule has 0 bridgehead atoms. The lowest BCUT2D eigenvalue weighted by Crippen LogP contribution is -2.42. The van der Waals surface area contributed by atoms with Gasteiger partial charge in [0.25, 0.3) is 5.92 Å². The molecule has 1 aromatic rings. The largest absolute Gasteiger partial charge is 0.416 e. The number of ether oxygens (including phenoxy) is 1. The summed E-state index contributed by atoms with van der Waals surface area (Å²) >= 11 is 0. The highest BCUT2D eigenvalue weighted by atomic mass is 19.4. The van der Waals surface area contributed by atoms with E-state index in [0.717, 1.165) is 12.1 Å². The monoisotopic (exact) mass is 396 g/mol. The van der Waals surface area contributed by atoms with E-state index in [1.807, 2.05) is 0 Å². The lowest BCUT2D eigenvalue weighted by molar-refractivity contribution is -0.137. The summed E-state index contributed by atoms with van der Waals surface area (Å²) in [6.07, 6.45) is -5.36. The number of nitrogens with one attached hydrogen (secondary N) is 2. The summed E-state index contributed by atoms with van der Waals surface area (Å²) < 4.78 is 68.4. The summed E-state index contributed by atoms with van der Waals surface area (Å²) in [5, 5.41) is 14.3. The van der Waals surface area contributed by atoms with Crippen LogP contribution in [0.2, 0.25) is 0 Å². The van der Waals surface area contributed by atoms with Gasteiger partial charge in [0.05, 0.1) is 11.7 Å². The van der Waals surface area contributed by atoms with E-state index >= 15 is 0 Å². The van der Waals surface area contributed by atoms with Gasteiger partial charge in [-0.15, -0.1) is 0 Å². The molecule has 152 valence electrons. The number of carbonyl (C=O) groups excluding carboxylic acids is 1. The predicted molar refractivity (Wildman–Crippen MR) is 86.4 cm³/mol. The first-order valence-electron chi connectivity index (χ1n) is 8.37. The lowest BCUT2D eigenvalue weighted by atomic mass is 9.99. The van der Waals surface area contributed by atoms with Crippen molar-refractivity contribution < 1.29 is 36.6 Å². The summed E-state index contributed by atoms with van der Waals surface area (Å²) in [5.41, 5.74) is -0.171. The maximum absolute atomic E-state index is 13.0. The number of halogens is 5. The maximum Gasteiger partial charge on any atom is 0.416 e. The second kappa shape index (κ2) is 8.83. The third-order valence-electron chi connectivity index (χ3n) is 4.16. The number of hydrogen-bond acceptors (Lipinski definition) is 3. The molecule has 0 aromatic heterocycles. The minimum Gasteiger partial charge on any atom is -0.396 e. The molecule has 2 amide bonds. The van der Waals surface area contributed by atoms with Gasteiger partial charge in [-0.05, 0) is 24.1 Å². The summed E-state index contributed by atoms with van der Waals surface area (Å²) in [6, 6.07) is 3.97. The number of urea groups is 1. The molecular weight excluding hydrogens is 375 g/mol. The van der Waals surface area contributed by atoms with Crippen LogP contribution in [0, 0.1) is 5.92 Å². The molecule has 2 unspecified atom stereocenters. The van der Waals surface area contributed by atoms with Crippen LogP contribution >= 0.6 is 0 Å². The van der Waals surface area contributed by atoms with Crippen molar-refractivity contribution in [1.82, 2.24) is 10.6 Å². The van der Waals surface area contributed by atoms with Gasteiger partial charge < -0.3 is 20.5 Å². The molecule has 27 heavy (non-hydrogen) atoms. The summed E-state index contributed by atoms with van der Waals surface area (Å²) in [7, 11) is 0. The number of aliphatic hydroxyl groups is 1. The number of rotatable bonds is 7. The molecule has 3 N–H and O–H groups in total. The van der Waals surface area contributed by atoms with E-state index in [0.29, 0.717) is 5.56 Å². The second-order valence-corrected chi connectivity index (χ2v) is 6.53. The molecule has 1 saturated heterocycles. The Bertz CT molecular complexity index is 622. The minimum absolute atomic E-state index is 0.0654. The normalized spacial score (nSPS) is 20.3. The molecule has 1 fully saturated rings. The predicted octanol–water partition coefficient (Wildman–Crippen LogP) is 2.58. The molecule has 1 aromatic carbocycles. The van der Waals surface area contributed by atoms with Gasteiger partial charge in [0.1, 0.15) is 6.61 Å². The van der Waals surface area contributed by atoms with Gasteiger partial charge in [-0.25, -0.2) is 13.6 Å². The molecular formula is C17H21F5N2O3. The van der Waals surface area contributed by atoms with Crippen molar-refractivity contribution in [2.75, 3.05) is 26.3 Å². The van der Waals surface area contributed by atoms with Crippen molar-refractivity contribution in [3.05, 3.63) is 35.4 Å². The van der Waals surface area contributed by atoms with E-state index in [2.05, 4.69) is 10.6 Å². The first kappa shape index (κ1) is 21.4. The van der Waals surface area contributed by atoms with E-state index in [1.54, 1.807) is 0 Å². The van der Waals surface area contributed by atoms with Gasteiger partial charge in [-0.2, -0.15) is 13.2 Å². The van der Waals surface area contributed by atoms with Crippen LogP contribution in [0.1, 0.15) is 17.5 Å². The van der Waals surface area contributed by atoms with Gasteiger partial charge >= 0.3 is 12.2 Å². The summed E-state index contributed by atoms with van der Waals surface area (Å²) in [6.45, 7) is -0.935. The quantitative estimate of drug-likeness (QED) is 0.621. The maximum atomic E-state index is 13.0. The van der Waals surface area contributed by atoms with Crippen LogP contribution in [0.3, 0.4) is 0 Å². The molecule has 0 radical (unpaired) electrons. The Morgan fingerprint density at radius 3 is 2.44 bits per heavy atom. The van der Waals surface area contributed by atoms with Crippen LogP contribution in [0.15, 0.2) is 24.3 Å². The third-order valence-corrected chi connectivity index (χ3v) is 4.16. The van der Waals surface area contributed by atoms with Crippen molar-refractivity contribution >= 4 is 6.03 Å². The molecule has 1 heterocycles. The minimum atomic E-state index is -4.42. The van der Waals surface area contributed by atoms with Gasteiger partial charge in [-0.1, -0.05) is 12.1 Å². The molecule has 2 atom stereocenters. The molecule has 0 spiro atoms. The molecule has 0 aliphatic carbocycles. The fraction of sp³-hybridized carbons (Fsp3) is 0.588. The van der Waals surface area contributed by atoms with Crippen molar-refractivity contribution in [1.29, 1.82) is 0 Å². The van der Waals surface area contributed by atoms with Crippen molar-refractivity contribution in [3.63, 3.8) is 0 Å². The smallest absolute Gasteiger partial charge is 0.396 e. The summed E-state index contributed by atoms with van der Waals surface area (Å²) in [5.74, 6) is -3.29. The van der Waals surface area contributed by atoms with Crippen LogP contribution in [-0.2, 0) is 17.3 Å². The van der Waals surface area contributed by atoms with Crippen molar-refractivity contribution in [2.45, 2.75) is 31.0 Å². The van der Waals surface area contributed by atoms with Gasteiger partial charge in [-0.3, -0.25) is 0 Å². The summed E-state index contributed by atoms with van der Waals surface area (Å²) in [4.78, 5) is 11.7. The van der Waals surface area contributed by atoms with Crippen LogP contribution < -0.4 is 10.6 Å². The van der Waals surface area contributed by atoms with E-state index in [1.165, 1.54) is 12.1 Å². The Balaban J connectivity index is 1.74. The Labute approximate surface area is 152 Å². The molecule has 1 aliphatic heterocycles. The lowest BCUT2D eigenvalue weighted by Gasteiger charge is -2.17. The van der Waals surface area contributed by atoms with Crippen LogP contribution in [-0.4, -0.2) is 49.5 Å². The SMILES string of the molecule is O=C(NCC(CO)Cc1ccc(C(F)(F)F)cc1)NCC1CC(F)(F)CO1. The fourth-order valence-electron chi connectivity index (χ4n) is 2.69. The van der Waals surface area contributed by atoms with Crippen LogP contribution in [0.5, 0.6) is 0 Å². The number of hydrogen-bond donors (Lipinski definition) is 3. The van der Waals surface area contributed by atoms with Crippen molar-refractivity contribution in [2.24, 2.45) is 5.92 Å². The number of aliphatic hydroxyl groups excluding tert-OH is 1. The first-order valence-corrected chi connectivity index (χ1v) is 8.37. The van der Waals surface area contributed by atoms with Crippen LogP contribution in [0.25, 0.3) is 0 Å². The molecule has 5 nitrogen and oxygen atoms in total. The van der Waals surface area contributed by atoms with E-state index in [9.17, 15) is 31.9 Å². The number of benzene rings is 1. The Morgan fingerprint density at radius 1 is 1.26 bits per heavy atom. The van der Waals surface area contributed by atoms with E-state index in [-0.39, 0.29) is 26.1 Å². The molecule has 1 aliphatic rings. The standard InChI is InChI=1S/C17H21F5N2O3/c18-16(19)6-14(27-10-16)8-24-15(26)23-7-12(9-25)5-11-1-3-13(4-2-11)17(20,21)22/h1-4,12,14,25H,5-10H2,(H2,23,24,26). The van der Waals surface area contributed by atoms with Gasteiger partial charge in [0, 0.05) is 32.0 Å². The van der Waals surface area contributed by atoms with Gasteiger partial charge in [0.15, 0.2) is 0 Å². The zero-order chi connectivity index (χ0) is 20.1. The molecule has 2 rings (SSSR count). The highest BCUT2D eigenvalue weighted by Crippen LogP contribution is 2.30. The second-order valence-electron chi connectivity index (χ2n) is 6.53. The Kier molecular flexibility index (Phi) is 6.99. The molecule has 10 heteroatoms. The highest BCUT2D eigenvalue weighted by molar-refractivity contribution is 5.73. The fourth-order valence-corrected chi connectivity index (χ4v) is 2.69. The third kappa shape index (κ3) is 6.94. The van der Waals surface area contributed by atoms with E-state index in [4.69, 9.17) is 4.74 Å². The number of alkyl halides is 5. The zero-order valence-corrected chi connectivity index (χ0v) is 14.4. The topological polar surface area (TPSA) is 70.6 Å². The Hall–Kier alpha value is -1.94. The van der Waals surface area contributed by atoms with Crippen LogP contribution in [0.4, 0.5) is 26.7 Å². The first-order chi connectivity index (χ1) is 12.6. The van der Waals surface area contributed by atoms with Crippen molar-refractivity contribution in [3.8, 4) is 0 Å². The molecule has 0 saturated carbocycles. The average Bonchev–Trinajstić information content (AvgIpc) is 2.95. The number of carbonyl (C=O) groups is 1. The number of amides is 2. The average molecular weight is 396 g/mol. The van der Waals surface area contributed by atoms with E-state index < -0.39 is 48.7 Å². The highest BCUT2D eigenvalue weighted by Gasteiger charge is 2.40. The zero-order valence-electron chi connectivity index (χ0n) is 14.4. The van der Waals surface area contributed by atoms with Gasteiger partial charge in [0.2, 0.25) is 0 Å².